The number of hydrogen-bond donors (Lipinski definition) is 0. The van der Waals surface area contributed by atoms with E-state index in [0.717, 1.165) is 17.5 Å². The van der Waals surface area contributed by atoms with E-state index in [1.807, 2.05) is 25.1 Å². The number of aryl methyl sites for hydroxylation is 1. The lowest BCUT2D eigenvalue weighted by Gasteiger charge is -2.16. The maximum absolute atomic E-state index is 14.0. The number of halogens is 2. The zero-order valence-corrected chi connectivity index (χ0v) is 13.3. The van der Waals surface area contributed by atoms with Crippen molar-refractivity contribution in [3.8, 4) is 11.8 Å². The molecule has 0 amide bonds. The molecule has 2 aromatic carbocycles. The van der Waals surface area contributed by atoms with E-state index in [2.05, 4.69) is 6.07 Å². The van der Waals surface area contributed by atoms with Gasteiger partial charge in [0.1, 0.15) is 11.6 Å². The molecule has 2 aromatic rings. The number of methoxy groups -OCH3 is 1. The summed E-state index contributed by atoms with van der Waals surface area (Å²) in [5.41, 5.74) is 2.24. The molecule has 22 heavy (non-hydrogen) atoms. The lowest BCUT2D eigenvalue weighted by molar-refractivity contribution is 0.407. The lowest BCUT2D eigenvalue weighted by Crippen LogP contribution is -2.06. The molecule has 0 heterocycles. The highest BCUT2D eigenvalue weighted by molar-refractivity contribution is 6.31. The van der Waals surface area contributed by atoms with E-state index in [-0.39, 0.29) is 6.42 Å². The molecule has 0 aliphatic heterocycles. The second kappa shape index (κ2) is 7.29. The van der Waals surface area contributed by atoms with E-state index < -0.39 is 11.7 Å². The third kappa shape index (κ3) is 3.40. The Labute approximate surface area is 135 Å². The van der Waals surface area contributed by atoms with Crippen molar-refractivity contribution >= 4 is 11.6 Å². The average molecular weight is 318 g/mol. The highest BCUT2D eigenvalue weighted by Crippen LogP contribution is 2.32. The van der Waals surface area contributed by atoms with Crippen LogP contribution in [0, 0.1) is 17.1 Å². The predicted molar refractivity (Wildman–Crippen MR) is 85.8 cm³/mol. The van der Waals surface area contributed by atoms with Gasteiger partial charge in [-0.05, 0) is 36.6 Å². The molecule has 0 fully saturated rings. The van der Waals surface area contributed by atoms with Crippen molar-refractivity contribution in [2.24, 2.45) is 0 Å². The molecule has 0 saturated heterocycles. The van der Waals surface area contributed by atoms with Crippen molar-refractivity contribution in [2.75, 3.05) is 7.11 Å². The first-order valence-electron chi connectivity index (χ1n) is 7.10. The molecule has 4 heteroatoms. The van der Waals surface area contributed by atoms with Crippen molar-refractivity contribution < 1.29 is 9.13 Å². The highest BCUT2D eigenvalue weighted by atomic mass is 35.5. The Hall–Kier alpha value is -2.05. The van der Waals surface area contributed by atoms with E-state index in [0.29, 0.717) is 16.3 Å². The quantitative estimate of drug-likeness (QED) is 0.785. The maximum Gasteiger partial charge on any atom is 0.127 e. The fourth-order valence-electron chi connectivity index (χ4n) is 2.43. The van der Waals surface area contributed by atoms with Crippen molar-refractivity contribution in [1.82, 2.24) is 0 Å². The molecule has 114 valence electrons. The molecule has 0 saturated carbocycles. The number of benzene rings is 2. The molecule has 0 aliphatic rings. The smallest absolute Gasteiger partial charge is 0.127 e. The Balaban J connectivity index is 2.43. The summed E-state index contributed by atoms with van der Waals surface area (Å²) in [5.74, 6) is -0.273. The molecule has 2 nitrogen and oxygen atoms in total. The number of ether oxygens (including phenoxy) is 1. The molecule has 0 aromatic heterocycles. The van der Waals surface area contributed by atoms with Gasteiger partial charge in [0, 0.05) is 16.1 Å². The van der Waals surface area contributed by atoms with E-state index in [9.17, 15) is 9.65 Å². The van der Waals surface area contributed by atoms with Crippen LogP contribution in [0.4, 0.5) is 4.39 Å². The van der Waals surface area contributed by atoms with Crippen LogP contribution in [0.5, 0.6) is 5.75 Å². The van der Waals surface area contributed by atoms with E-state index >= 15 is 0 Å². The summed E-state index contributed by atoms with van der Waals surface area (Å²) in [6, 6.07) is 12.5. The molecule has 0 bridgehead atoms. The summed E-state index contributed by atoms with van der Waals surface area (Å²) in [4.78, 5) is 0. The van der Waals surface area contributed by atoms with Gasteiger partial charge in [0.15, 0.2) is 0 Å². The van der Waals surface area contributed by atoms with Crippen LogP contribution in [0.2, 0.25) is 5.02 Å². The van der Waals surface area contributed by atoms with Crippen molar-refractivity contribution in [2.45, 2.75) is 25.7 Å². The fourth-order valence-corrected chi connectivity index (χ4v) is 2.67. The van der Waals surface area contributed by atoms with Crippen molar-refractivity contribution in [3.05, 3.63) is 63.9 Å². The SMILES string of the molecule is CCc1ccc(OC)c(C(C#N)Cc2c(F)cccc2Cl)c1. The van der Waals surface area contributed by atoms with Crippen LogP contribution in [-0.4, -0.2) is 7.11 Å². The van der Waals surface area contributed by atoms with E-state index in [4.69, 9.17) is 16.3 Å². The molecule has 1 atom stereocenters. The second-order valence-corrected chi connectivity index (χ2v) is 5.42. The minimum absolute atomic E-state index is 0.214. The zero-order valence-electron chi connectivity index (χ0n) is 12.6. The largest absolute Gasteiger partial charge is 0.496 e. The maximum atomic E-state index is 14.0. The Kier molecular flexibility index (Phi) is 5.41. The molecule has 0 aliphatic carbocycles. The number of nitrogens with zero attached hydrogens (tertiary/aromatic N) is 1. The normalized spacial score (nSPS) is 11.8. The average Bonchev–Trinajstić information content (AvgIpc) is 2.54. The van der Waals surface area contributed by atoms with Gasteiger partial charge >= 0.3 is 0 Å². The van der Waals surface area contributed by atoms with Gasteiger partial charge in [0.25, 0.3) is 0 Å². The summed E-state index contributed by atoms with van der Waals surface area (Å²) in [6.45, 7) is 2.04. The van der Waals surface area contributed by atoms with Crippen LogP contribution in [0.3, 0.4) is 0 Å². The van der Waals surface area contributed by atoms with E-state index in [1.54, 1.807) is 19.2 Å². The van der Waals surface area contributed by atoms with Crippen LogP contribution in [0.1, 0.15) is 29.5 Å². The minimum atomic E-state index is -0.518. The molecule has 2 rings (SSSR count). The van der Waals surface area contributed by atoms with Gasteiger partial charge in [-0.25, -0.2) is 4.39 Å². The van der Waals surface area contributed by atoms with Crippen LogP contribution in [0.15, 0.2) is 36.4 Å². The van der Waals surface area contributed by atoms with Gasteiger partial charge in [-0.3, -0.25) is 0 Å². The second-order valence-electron chi connectivity index (χ2n) is 5.02. The molecule has 0 N–H and O–H groups in total. The monoisotopic (exact) mass is 317 g/mol. The zero-order chi connectivity index (χ0) is 16.1. The summed E-state index contributed by atoms with van der Waals surface area (Å²) in [7, 11) is 1.56. The fraction of sp³-hybridized carbons (Fsp3) is 0.278. The summed E-state index contributed by atoms with van der Waals surface area (Å²) >= 11 is 6.07. The Morgan fingerprint density at radius 1 is 1.32 bits per heavy atom. The van der Waals surface area contributed by atoms with E-state index in [1.165, 1.54) is 6.07 Å². The third-order valence-electron chi connectivity index (χ3n) is 3.70. The topological polar surface area (TPSA) is 33.0 Å². The van der Waals surface area contributed by atoms with Gasteiger partial charge in [-0.1, -0.05) is 36.7 Å². The highest BCUT2D eigenvalue weighted by Gasteiger charge is 2.20. The van der Waals surface area contributed by atoms with Gasteiger partial charge in [0.05, 0.1) is 19.1 Å². The van der Waals surface area contributed by atoms with Gasteiger partial charge in [-0.2, -0.15) is 5.26 Å². The molecule has 1 unspecified atom stereocenters. The standard InChI is InChI=1S/C18H17ClFNO/c1-3-12-7-8-18(22-2)14(9-12)13(11-21)10-15-16(19)5-4-6-17(15)20/h4-9,13H,3,10H2,1-2H3. The summed E-state index contributed by atoms with van der Waals surface area (Å²) in [5, 5.41) is 9.87. The first kappa shape index (κ1) is 16.3. The summed E-state index contributed by atoms with van der Waals surface area (Å²) < 4.78 is 19.3. The van der Waals surface area contributed by atoms with Gasteiger partial charge in [0.2, 0.25) is 0 Å². The van der Waals surface area contributed by atoms with Gasteiger partial charge in [-0.15, -0.1) is 0 Å². The minimum Gasteiger partial charge on any atom is -0.496 e. The van der Waals surface area contributed by atoms with Crippen molar-refractivity contribution in [3.63, 3.8) is 0 Å². The van der Waals surface area contributed by atoms with Gasteiger partial charge < -0.3 is 4.74 Å². The number of rotatable bonds is 5. The molecule has 0 radical (unpaired) electrons. The Morgan fingerprint density at radius 2 is 2.09 bits per heavy atom. The summed E-state index contributed by atoms with van der Waals surface area (Å²) in [6.07, 6.45) is 1.07. The molecule has 0 spiro atoms. The Morgan fingerprint density at radius 3 is 2.68 bits per heavy atom. The lowest BCUT2D eigenvalue weighted by atomic mass is 9.90. The van der Waals surface area contributed by atoms with Crippen LogP contribution in [-0.2, 0) is 12.8 Å². The molecular weight excluding hydrogens is 301 g/mol. The third-order valence-corrected chi connectivity index (χ3v) is 4.06. The Bertz CT molecular complexity index is 688. The molecular formula is C18H17ClFNO. The predicted octanol–water partition coefficient (Wildman–Crippen LogP) is 4.90. The van der Waals surface area contributed by atoms with Crippen LogP contribution >= 0.6 is 11.6 Å². The van der Waals surface area contributed by atoms with Crippen LogP contribution < -0.4 is 4.74 Å². The first-order chi connectivity index (χ1) is 10.6. The van der Waals surface area contributed by atoms with Crippen LogP contribution in [0.25, 0.3) is 0 Å². The van der Waals surface area contributed by atoms with Crippen molar-refractivity contribution in [1.29, 1.82) is 5.26 Å². The number of nitriles is 1. The number of hydrogen-bond acceptors (Lipinski definition) is 2. The first-order valence-corrected chi connectivity index (χ1v) is 7.47.